The van der Waals surface area contributed by atoms with Gasteiger partial charge in [-0.3, -0.25) is 38.5 Å². The average Bonchev–Trinajstić information content (AvgIpc) is 0.685. The summed E-state index contributed by atoms with van der Waals surface area (Å²) in [6.07, 6.45) is -7.19. The molecule has 0 radical (unpaired) electrons. The number of aromatic hydroxyl groups is 3. The van der Waals surface area contributed by atoms with Crippen molar-refractivity contribution in [2.45, 2.75) is 234 Å². The number of nitrogens with zero attached hydrogens (tertiary/aromatic N) is 3. The maximum Gasteiger partial charge on any atom is 0.330 e. The summed E-state index contributed by atoms with van der Waals surface area (Å²) < 4.78 is 40.1. The summed E-state index contributed by atoms with van der Waals surface area (Å²) in [7, 11) is 9.08. The average molecular weight is 1830 g/mol. The highest BCUT2D eigenvalue weighted by molar-refractivity contribution is 6.32. The van der Waals surface area contributed by atoms with E-state index in [0.717, 1.165) is 68.3 Å². The lowest BCUT2D eigenvalue weighted by atomic mass is 9.85. The van der Waals surface area contributed by atoms with Crippen molar-refractivity contribution in [1.82, 2.24) is 62.6 Å². The van der Waals surface area contributed by atoms with Crippen LogP contribution < -0.4 is 73.5 Å². The van der Waals surface area contributed by atoms with E-state index in [-0.39, 0.29) is 64.1 Å². The standard InChI is InChI=1S/C89H126Cl2N14O23/c1-11-12-13-14-15-16-17-18-27-95-28-29-96-89(5)42-66(123-46(4)80(89)114)127-79-77(113)76(112)64(43-92)126-88(79)128-78-62-38-50-39-63(78)125-61-26-23-49(37-55(61)91)74(110)72-86(120)100-70(87(121)122)52-40-59(107)53(44-105(32-19-30-103(7)8)33-20-31-104(9)10)75(111)67(52)51-35-47(21-24-58(51)106)68(83(117)102-72)99-84(118)69(50)98-82(116)57(41-65(93)108)97-85(119)71(101-81(115)56(94-6)34-45(2)3)73(109)48-22-25-60(124-62)54(90)36-48/h21-26,35-40,45-46,56-57,64,66,68-74,76-77,79-80,88,94-96,106-107,109-114H,11-20,27-34,41-44,92H2,1-10H3,(H2,93,108)(H,97,119)(H,98,116)(H,99,118)(H,100,120)(H,101,115)(H,102,117)(H,121,122)/t46-,56+,57-,64+,66-,68+,69+,70-,71+,72-,73+,74+,76+,77-,79+,80+,88-,89-/m0/s1. The third-order valence-corrected chi connectivity index (χ3v) is 24.2. The third-order valence-electron chi connectivity index (χ3n) is 23.6. The number of hydrogen-bond donors (Lipinski definition) is 20. The van der Waals surface area contributed by atoms with E-state index >= 15 is 24.0 Å². The number of unbranched alkanes of at least 4 members (excludes halogenated alkanes) is 7. The van der Waals surface area contributed by atoms with Crippen molar-refractivity contribution >= 4 is 70.5 Å². The second kappa shape index (κ2) is 45.9. The minimum absolute atomic E-state index is 0.0866. The van der Waals surface area contributed by atoms with Gasteiger partial charge in [0.15, 0.2) is 29.9 Å². The molecule has 7 amide bonds. The minimum atomic E-state index is -2.35. The Morgan fingerprint density at radius 2 is 1.25 bits per heavy atom. The number of benzene rings is 5. The maximum absolute atomic E-state index is 16.6. The fourth-order valence-electron chi connectivity index (χ4n) is 16.6. The molecule has 39 heteroatoms. The van der Waals surface area contributed by atoms with E-state index in [1.54, 1.807) is 13.8 Å². The Kier molecular flexibility index (Phi) is 36.2. The molecule has 5 aromatic rings. The van der Waals surface area contributed by atoms with Crippen molar-refractivity contribution < 1.29 is 113 Å². The number of nitrogens with one attached hydrogen (secondary N) is 9. The molecule has 0 spiro atoms. The zero-order valence-electron chi connectivity index (χ0n) is 73.9. The number of halogens is 2. The zero-order chi connectivity index (χ0) is 93.3. The number of carboxylic acids is 1. The summed E-state index contributed by atoms with van der Waals surface area (Å²) >= 11 is 14.5. The van der Waals surface area contributed by atoms with Gasteiger partial charge in [-0.05, 0) is 190 Å². The van der Waals surface area contributed by atoms with Gasteiger partial charge in [-0.1, -0.05) is 107 Å². The smallest absolute Gasteiger partial charge is 0.330 e. The van der Waals surface area contributed by atoms with E-state index in [2.05, 4.69) is 54.8 Å². The van der Waals surface area contributed by atoms with E-state index in [9.17, 15) is 60.3 Å². The quantitative estimate of drug-likeness (QED) is 0.0251. The highest BCUT2D eigenvalue weighted by Crippen LogP contribution is 2.51. The van der Waals surface area contributed by atoms with Crippen molar-refractivity contribution in [2.75, 3.05) is 87.6 Å². The van der Waals surface area contributed by atoms with Gasteiger partial charge in [0.25, 0.3) is 0 Å². The Balaban J connectivity index is 1.17. The molecule has 704 valence electrons. The second-order valence-electron chi connectivity index (χ2n) is 34.7. The molecule has 11 bridgehead atoms. The molecule has 12 rings (SSSR count). The Morgan fingerprint density at radius 1 is 0.656 bits per heavy atom. The molecule has 0 saturated carbocycles. The molecule has 7 aliphatic rings. The van der Waals surface area contributed by atoms with Crippen molar-refractivity contribution in [3.63, 3.8) is 0 Å². The number of aliphatic carboxylic acids is 1. The Bertz CT molecular complexity index is 4700. The van der Waals surface area contributed by atoms with Crippen molar-refractivity contribution in [1.29, 1.82) is 0 Å². The fraction of sp³-hybridized carbons (Fsp3) is 0.573. The van der Waals surface area contributed by atoms with Gasteiger partial charge in [-0.15, -0.1) is 0 Å². The highest BCUT2D eigenvalue weighted by atomic mass is 35.5. The molecule has 0 aliphatic carbocycles. The van der Waals surface area contributed by atoms with Crippen LogP contribution in [0.4, 0.5) is 0 Å². The first-order valence-electron chi connectivity index (χ1n) is 43.6. The summed E-state index contributed by atoms with van der Waals surface area (Å²) in [6.45, 7) is 12.4. The number of nitrogens with two attached hydrogens (primary N) is 2. The molecule has 18 atom stereocenters. The Labute approximate surface area is 754 Å². The number of aliphatic hydroxyl groups is 5. The SMILES string of the molecule is CCCCCCCCCCNCCN[C@@]1(C)C[C@H](O[C@H]2[C@H](Oc3c4cc5cc3Oc3ccc(cc3Cl)[C@@H](O)[C@@H](NC(=O)[C@@H](CC(C)C)NC)C(=O)N[C@@H](CC(N)=O)C(=O)N[C@H]5C(=O)N[C@H]3C(=O)N[C@H](C(=O)N[C@H](C(=O)O)c5cc(O)c(CN(CCCN(C)C)CCCN(C)C)c(O)c5-c5cc3ccc5O)[C@H](O)c3ccc(c(Cl)c3)O4)O[C@H](CN)[C@@H](O)[C@@H]2O)O[C@@H](C)[C@H]1O. The lowest BCUT2D eigenvalue weighted by molar-refractivity contribution is -0.331. The number of ether oxygens (including phenoxy) is 6. The number of rotatable bonds is 36. The van der Waals surface area contributed by atoms with Gasteiger partial charge in [0.2, 0.25) is 53.4 Å². The third kappa shape index (κ3) is 25.4. The molecule has 0 unspecified atom stereocenters. The van der Waals surface area contributed by atoms with Crippen LogP contribution in [0, 0.1) is 5.92 Å². The molecule has 128 heavy (non-hydrogen) atoms. The lowest BCUT2D eigenvalue weighted by Gasteiger charge is -2.48. The van der Waals surface area contributed by atoms with Gasteiger partial charge in [-0.25, -0.2) is 4.79 Å². The van der Waals surface area contributed by atoms with E-state index in [4.69, 9.17) is 63.1 Å². The number of carbonyl (C=O) groups excluding carboxylic acids is 7. The molecular formula is C89H126Cl2N14O23. The van der Waals surface area contributed by atoms with E-state index in [1.165, 1.54) is 69.5 Å². The molecule has 2 saturated heterocycles. The first kappa shape index (κ1) is 101. The topological polar surface area (TPSA) is 544 Å². The summed E-state index contributed by atoms with van der Waals surface area (Å²) in [5, 5.41) is 134. The Hall–Kier alpha value is -9.36. The van der Waals surface area contributed by atoms with Gasteiger partial charge >= 0.3 is 5.97 Å². The molecule has 2 fully saturated rings. The number of phenolic OH excluding ortho intramolecular Hbond substituents is 3. The maximum atomic E-state index is 16.6. The van der Waals surface area contributed by atoms with Crippen molar-refractivity contribution in [3.05, 3.63) is 116 Å². The molecule has 7 heterocycles. The van der Waals surface area contributed by atoms with Crippen LogP contribution in [-0.4, -0.2) is 274 Å². The summed E-state index contributed by atoms with van der Waals surface area (Å²) in [5.74, 6) is -15.4. The van der Waals surface area contributed by atoms with E-state index in [1.807, 2.05) is 56.7 Å². The number of primary amides is 1. The number of amides is 7. The molecule has 22 N–H and O–H groups in total. The molecular weight excluding hydrogens is 1700 g/mol. The minimum Gasteiger partial charge on any atom is -0.507 e. The van der Waals surface area contributed by atoms with Gasteiger partial charge in [0.1, 0.15) is 89.5 Å². The highest BCUT2D eigenvalue weighted by Gasteiger charge is 2.52. The molecule has 5 aromatic carbocycles. The van der Waals surface area contributed by atoms with Crippen LogP contribution in [0.3, 0.4) is 0 Å². The van der Waals surface area contributed by atoms with Crippen LogP contribution in [0.5, 0.6) is 46.0 Å². The van der Waals surface area contributed by atoms with Crippen LogP contribution in [0.15, 0.2) is 72.8 Å². The van der Waals surface area contributed by atoms with Crippen LogP contribution in [0.25, 0.3) is 11.1 Å². The number of phenols is 3. The summed E-state index contributed by atoms with van der Waals surface area (Å²) in [6, 6.07) is -0.760. The predicted octanol–water partition coefficient (Wildman–Crippen LogP) is 4.14. The zero-order valence-corrected chi connectivity index (χ0v) is 75.4. The monoisotopic (exact) mass is 1830 g/mol. The molecule has 37 nitrogen and oxygen atoms in total. The van der Waals surface area contributed by atoms with Crippen LogP contribution in [0.2, 0.25) is 10.0 Å². The van der Waals surface area contributed by atoms with Crippen LogP contribution in [0.1, 0.15) is 182 Å². The number of carbonyl (C=O) groups is 8. The normalized spacial score (nSPS) is 25.9. The largest absolute Gasteiger partial charge is 0.507 e. The van der Waals surface area contributed by atoms with Crippen molar-refractivity contribution in [3.8, 4) is 57.1 Å². The van der Waals surface area contributed by atoms with Gasteiger partial charge < -0.3 is 143 Å². The number of likely N-dealkylation sites (N-methyl/N-ethyl adjacent to an activating group) is 1. The summed E-state index contributed by atoms with van der Waals surface area (Å²) in [5.41, 5.74) is 8.22. The lowest BCUT2D eigenvalue weighted by Crippen LogP contribution is -2.66. The van der Waals surface area contributed by atoms with Gasteiger partial charge in [0.05, 0.1) is 40.3 Å². The van der Waals surface area contributed by atoms with Crippen LogP contribution in [-0.2, 0) is 59.1 Å². The van der Waals surface area contributed by atoms with E-state index in [0.29, 0.717) is 52.1 Å². The first-order chi connectivity index (χ1) is 60.8. The second-order valence-corrected chi connectivity index (χ2v) is 35.5. The first-order valence-corrected chi connectivity index (χ1v) is 44.3. The number of hydrogen-bond acceptors (Lipinski definition) is 29. The van der Waals surface area contributed by atoms with E-state index < -0.39 is 231 Å². The number of fused-ring (bicyclic) bond motifs is 15. The Morgan fingerprint density at radius 3 is 1.84 bits per heavy atom. The number of aliphatic hydroxyl groups excluding tert-OH is 5. The number of carboxylic acid groups (broad SMARTS) is 1. The molecule has 0 aromatic heterocycles. The van der Waals surface area contributed by atoms with Gasteiger partial charge in [-0.2, -0.15) is 0 Å². The fourth-order valence-corrected chi connectivity index (χ4v) is 17.0. The van der Waals surface area contributed by atoms with Crippen molar-refractivity contribution in [2.24, 2.45) is 17.4 Å². The van der Waals surface area contributed by atoms with Crippen LogP contribution >= 0.6 is 23.2 Å². The summed E-state index contributed by atoms with van der Waals surface area (Å²) in [4.78, 5) is 126. The predicted molar refractivity (Wildman–Crippen MR) is 472 cm³/mol. The molecule has 7 aliphatic heterocycles. The van der Waals surface area contributed by atoms with Gasteiger partial charge in [0, 0.05) is 54.8 Å².